The molecule has 0 aliphatic carbocycles. The van der Waals surface area contributed by atoms with Crippen molar-refractivity contribution in [2.75, 3.05) is 13.1 Å². The summed E-state index contributed by atoms with van der Waals surface area (Å²) in [6.07, 6.45) is -2.55. The molecular formula is C26H32ClF3N2O3. The van der Waals surface area contributed by atoms with Gasteiger partial charge in [0.05, 0.1) is 18.0 Å². The minimum Gasteiger partial charge on any atom is -0.455 e. The Morgan fingerprint density at radius 3 is 2.09 bits per heavy atom. The Morgan fingerprint density at radius 2 is 1.60 bits per heavy atom. The average molecular weight is 513 g/mol. The number of nitrogens with one attached hydrogen (secondary N) is 1. The predicted molar refractivity (Wildman–Crippen MR) is 130 cm³/mol. The summed E-state index contributed by atoms with van der Waals surface area (Å²) < 4.78 is 43.3. The zero-order valence-electron chi connectivity index (χ0n) is 20.2. The third kappa shape index (κ3) is 8.76. The number of esters is 1. The van der Waals surface area contributed by atoms with Crippen LogP contribution in [-0.2, 0) is 22.1 Å². The summed E-state index contributed by atoms with van der Waals surface area (Å²) in [4.78, 5) is 25.8. The number of ether oxygens (including phenoxy) is 1. The van der Waals surface area contributed by atoms with Crippen LogP contribution >= 0.6 is 11.6 Å². The lowest BCUT2D eigenvalue weighted by atomic mass is 10.0. The SMILES string of the molecule is CCCN(CCC)C(=O)N[C@H]1CC(=O)OC1c1ccc(C(F)(F)F)cc1.CCc1ccc(Cl)cc1. The highest BCUT2D eigenvalue weighted by atomic mass is 35.5. The van der Waals surface area contributed by atoms with Crippen molar-refractivity contribution in [3.8, 4) is 0 Å². The van der Waals surface area contributed by atoms with Gasteiger partial charge in [-0.25, -0.2) is 4.79 Å². The van der Waals surface area contributed by atoms with Gasteiger partial charge in [0.2, 0.25) is 0 Å². The topological polar surface area (TPSA) is 58.6 Å². The van der Waals surface area contributed by atoms with Crippen molar-refractivity contribution in [1.29, 1.82) is 0 Å². The predicted octanol–water partition coefficient (Wildman–Crippen LogP) is 6.80. The standard InChI is InChI=1S/C18H23F3N2O3.C8H9Cl/c1-3-9-23(10-4-2)17(25)22-14-11-15(24)26-16(14)12-5-7-13(8-6-12)18(19,20)21;1-2-7-3-5-8(9)6-4-7/h5-8,14,16H,3-4,9-11H2,1-2H3,(H,22,25);3-6H,2H2,1H3/t14-,16?;/m0./s1. The molecule has 5 nitrogen and oxygen atoms in total. The van der Waals surface area contributed by atoms with E-state index >= 15 is 0 Å². The molecule has 1 aliphatic rings. The number of benzene rings is 2. The molecule has 0 bridgehead atoms. The Kier molecular flexibility index (Phi) is 10.9. The summed E-state index contributed by atoms with van der Waals surface area (Å²) in [5.41, 5.74) is 0.981. The second kappa shape index (κ2) is 13.4. The van der Waals surface area contributed by atoms with Gasteiger partial charge in [-0.2, -0.15) is 13.2 Å². The van der Waals surface area contributed by atoms with E-state index in [1.165, 1.54) is 17.7 Å². The van der Waals surface area contributed by atoms with Gasteiger partial charge in [-0.05, 0) is 54.7 Å². The van der Waals surface area contributed by atoms with E-state index in [4.69, 9.17) is 16.3 Å². The molecule has 192 valence electrons. The molecule has 9 heteroatoms. The molecule has 1 N–H and O–H groups in total. The van der Waals surface area contributed by atoms with Crippen molar-refractivity contribution >= 4 is 23.6 Å². The monoisotopic (exact) mass is 512 g/mol. The van der Waals surface area contributed by atoms with Crippen LogP contribution in [-0.4, -0.2) is 36.0 Å². The molecule has 0 spiro atoms. The minimum atomic E-state index is -4.43. The number of urea groups is 1. The number of halogens is 4. The Morgan fingerprint density at radius 1 is 1.03 bits per heavy atom. The van der Waals surface area contributed by atoms with Crippen LogP contribution in [0.4, 0.5) is 18.0 Å². The van der Waals surface area contributed by atoms with E-state index in [1.807, 2.05) is 38.1 Å². The first-order valence-electron chi connectivity index (χ1n) is 11.8. The third-order valence-electron chi connectivity index (χ3n) is 5.48. The first-order valence-corrected chi connectivity index (χ1v) is 12.1. The first kappa shape index (κ1) is 28.5. The van der Waals surface area contributed by atoms with Crippen molar-refractivity contribution < 1.29 is 27.5 Å². The molecular weight excluding hydrogens is 481 g/mol. The largest absolute Gasteiger partial charge is 0.455 e. The van der Waals surface area contributed by atoms with Gasteiger partial charge in [-0.3, -0.25) is 4.79 Å². The van der Waals surface area contributed by atoms with Gasteiger partial charge in [0.25, 0.3) is 0 Å². The van der Waals surface area contributed by atoms with Crippen LogP contribution in [0.2, 0.25) is 5.02 Å². The normalized spacial score (nSPS) is 17.3. The molecule has 0 aromatic heterocycles. The second-order valence-corrected chi connectivity index (χ2v) is 8.69. The fourth-order valence-electron chi connectivity index (χ4n) is 3.67. The van der Waals surface area contributed by atoms with Crippen LogP contribution in [0.15, 0.2) is 48.5 Å². The highest BCUT2D eigenvalue weighted by molar-refractivity contribution is 6.30. The van der Waals surface area contributed by atoms with E-state index in [-0.39, 0.29) is 12.5 Å². The summed E-state index contributed by atoms with van der Waals surface area (Å²) in [5, 5.41) is 3.60. The summed E-state index contributed by atoms with van der Waals surface area (Å²) in [6, 6.07) is 11.5. The van der Waals surface area contributed by atoms with Crippen LogP contribution < -0.4 is 5.32 Å². The van der Waals surface area contributed by atoms with E-state index < -0.39 is 29.9 Å². The number of hydrogen-bond donors (Lipinski definition) is 1. The molecule has 1 unspecified atom stereocenters. The van der Waals surface area contributed by atoms with Gasteiger partial charge in [0, 0.05) is 18.1 Å². The lowest BCUT2D eigenvalue weighted by Gasteiger charge is -2.26. The average Bonchev–Trinajstić information content (AvgIpc) is 3.19. The van der Waals surface area contributed by atoms with Crippen LogP contribution in [0.1, 0.15) is 62.8 Å². The Balaban J connectivity index is 0.000000402. The molecule has 2 aromatic carbocycles. The Hall–Kier alpha value is -2.74. The lowest BCUT2D eigenvalue weighted by molar-refractivity contribution is -0.142. The van der Waals surface area contributed by atoms with Crippen LogP contribution in [0.3, 0.4) is 0 Å². The number of aryl methyl sites for hydroxylation is 1. The second-order valence-electron chi connectivity index (χ2n) is 8.26. The fraction of sp³-hybridized carbons (Fsp3) is 0.462. The molecule has 2 amide bonds. The first-order chi connectivity index (χ1) is 16.6. The van der Waals surface area contributed by atoms with Crippen LogP contribution in [0.5, 0.6) is 0 Å². The molecule has 2 atom stereocenters. The van der Waals surface area contributed by atoms with Gasteiger partial charge in [0.1, 0.15) is 6.10 Å². The summed E-state index contributed by atoms with van der Waals surface area (Å²) in [6.45, 7) is 7.23. The van der Waals surface area contributed by atoms with E-state index in [9.17, 15) is 22.8 Å². The number of rotatable bonds is 7. The van der Waals surface area contributed by atoms with Crippen LogP contribution in [0.25, 0.3) is 0 Å². The van der Waals surface area contributed by atoms with E-state index in [0.29, 0.717) is 18.7 Å². The highest BCUT2D eigenvalue weighted by Gasteiger charge is 2.38. The maximum atomic E-state index is 12.7. The number of amides is 2. The zero-order valence-corrected chi connectivity index (χ0v) is 21.0. The number of carbonyl (C=O) groups excluding carboxylic acids is 2. The summed E-state index contributed by atoms with van der Waals surface area (Å²) in [7, 11) is 0. The van der Waals surface area contributed by atoms with Crippen molar-refractivity contribution in [3.63, 3.8) is 0 Å². The van der Waals surface area contributed by atoms with Gasteiger partial charge >= 0.3 is 18.2 Å². The third-order valence-corrected chi connectivity index (χ3v) is 5.73. The number of carbonyl (C=O) groups is 2. The van der Waals surface area contributed by atoms with E-state index in [0.717, 1.165) is 36.4 Å². The molecule has 35 heavy (non-hydrogen) atoms. The molecule has 1 aliphatic heterocycles. The molecule has 1 heterocycles. The molecule has 1 fully saturated rings. The molecule has 0 radical (unpaired) electrons. The minimum absolute atomic E-state index is 0.0104. The maximum absolute atomic E-state index is 12.7. The quantitative estimate of drug-likeness (QED) is 0.415. The fourth-order valence-corrected chi connectivity index (χ4v) is 3.80. The molecule has 2 aromatic rings. The summed E-state index contributed by atoms with van der Waals surface area (Å²) >= 11 is 5.67. The number of cyclic esters (lactones) is 1. The van der Waals surface area contributed by atoms with Crippen molar-refractivity contribution in [2.45, 2.75) is 64.8 Å². The van der Waals surface area contributed by atoms with Crippen LogP contribution in [0, 0.1) is 0 Å². The number of nitrogens with zero attached hydrogens (tertiary/aromatic N) is 1. The van der Waals surface area contributed by atoms with Gasteiger partial charge < -0.3 is 15.0 Å². The van der Waals surface area contributed by atoms with E-state index in [1.54, 1.807) is 4.90 Å². The Bertz CT molecular complexity index is 944. The van der Waals surface area contributed by atoms with Crippen molar-refractivity contribution in [3.05, 3.63) is 70.2 Å². The van der Waals surface area contributed by atoms with E-state index in [2.05, 4.69) is 12.2 Å². The van der Waals surface area contributed by atoms with Gasteiger partial charge in [-0.1, -0.05) is 56.6 Å². The zero-order chi connectivity index (χ0) is 26.0. The summed E-state index contributed by atoms with van der Waals surface area (Å²) in [5.74, 6) is -0.488. The smallest absolute Gasteiger partial charge is 0.416 e. The van der Waals surface area contributed by atoms with Gasteiger partial charge in [-0.15, -0.1) is 0 Å². The van der Waals surface area contributed by atoms with Crippen molar-refractivity contribution in [1.82, 2.24) is 10.2 Å². The highest BCUT2D eigenvalue weighted by Crippen LogP contribution is 2.34. The van der Waals surface area contributed by atoms with Crippen molar-refractivity contribution in [2.24, 2.45) is 0 Å². The maximum Gasteiger partial charge on any atom is 0.416 e. The lowest BCUT2D eigenvalue weighted by Crippen LogP contribution is -2.46. The Labute approximate surface area is 209 Å². The van der Waals surface area contributed by atoms with Gasteiger partial charge in [0.15, 0.2) is 0 Å². The molecule has 0 saturated carbocycles. The number of hydrogen-bond acceptors (Lipinski definition) is 3. The number of alkyl halides is 3. The molecule has 1 saturated heterocycles. The molecule has 3 rings (SSSR count).